The van der Waals surface area contributed by atoms with Crippen molar-refractivity contribution in [2.45, 2.75) is 13.3 Å². The number of aromatic nitrogens is 1. The standard InChI is InChI=1S/C11H16N2O2/c1-2-13(8-3-9-14)11(15)10-4-6-12-7-5-10/h4-7,14H,2-3,8-9H2,1H3. The summed E-state index contributed by atoms with van der Waals surface area (Å²) in [6.45, 7) is 3.28. The molecule has 0 aliphatic carbocycles. The Hall–Kier alpha value is -1.42. The zero-order valence-corrected chi connectivity index (χ0v) is 8.89. The molecular formula is C11H16N2O2. The molecule has 0 spiro atoms. The first-order chi connectivity index (χ1) is 7.29. The second-order valence-corrected chi connectivity index (χ2v) is 3.20. The van der Waals surface area contributed by atoms with Gasteiger partial charge in [0.1, 0.15) is 0 Å². The van der Waals surface area contributed by atoms with E-state index >= 15 is 0 Å². The number of aliphatic hydroxyl groups excluding tert-OH is 1. The van der Waals surface area contributed by atoms with Gasteiger partial charge in [-0.2, -0.15) is 0 Å². The molecule has 1 N–H and O–H groups in total. The molecule has 0 atom stereocenters. The van der Waals surface area contributed by atoms with Gasteiger partial charge >= 0.3 is 0 Å². The molecule has 1 amide bonds. The van der Waals surface area contributed by atoms with Crippen LogP contribution in [0.1, 0.15) is 23.7 Å². The molecule has 0 aliphatic heterocycles. The fourth-order valence-electron chi connectivity index (χ4n) is 1.34. The lowest BCUT2D eigenvalue weighted by molar-refractivity contribution is 0.0754. The first-order valence-corrected chi connectivity index (χ1v) is 5.09. The summed E-state index contributed by atoms with van der Waals surface area (Å²) in [7, 11) is 0. The minimum absolute atomic E-state index is 0.00616. The molecule has 0 saturated heterocycles. The molecule has 1 heterocycles. The molecule has 1 aromatic heterocycles. The highest BCUT2D eigenvalue weighted by atomic mass is 16.3. The number of carbonyl (C=O) groups is 1. The van der Waals surface area contributed by atoms with Gasteiger partial charge in [-0.15, -0.1) is 0 Å². The van der Waals surface area contributed by atoms with Crippen molar-refractivity contribution in [2.75, 3.05) is 19.7 Å². The Kier molecular flexibility index (Phi) is 4.77. The summed E-state index contributed by atoms with van der Waals surface area (Å²) in [5.74, 6) is -0.00616. The smallest absolute Gasteiger partial charge is 0.253 e. The minimum atomic E-state index is -0.00616. The number of rotatable bonds is 5. The second kappa shape index (κ2) is 6.14. The number of aliphatic hydroxyl groups is 1. The van der Waals surface area contributed by atoms with Crippen molar-refractivity contribution in [2.24, 2.45) is 0 Å². The number of amides is 1. The van der Waals surface area contributed by atoms with Crippen LogP contribution in [0.3, 0.4) is 0 Å². The molecule has 0 saturated carbocycles. The first-order valence-electron chi connectivity index (χ1n) is 5.09. The van der Waals surface area contributed by atoms with E-state index in [0.29, 0.717) is 25.1 Å². The Bertz CT molecular complexity index is 301. The molecular weight excluding hydrogens is 192 g/mol. The maximum absolute atomic E-state index is 11.9. The predicted octanol–water partition coefficient (Wildman–Crippen LogP) is 0.926. The van der Waals surface area contributed by atoms with Crippen LogP contribution in [0.25, 0.3) is 0 Å². The molecule has 0 aromatic carbocycles. The third-order valence-corrected chi connectivity index (χ3v) is 2.18. The zero-order valence-electron chi connectivity index (χ0n) is 8.89. The van der Waals surface area contributed by atoms with Crippen LogP contribution in [0.5, 0.6) is 0 Å². The van der Waals surface area contributed by atoms with Crippen LogP contribution in [0.4, 0.5) is 0 Å². The van der Waals surface area contributed by atoms with E-state index in [9.17, 15) is 4.79 Å². The van der Waals surface area contributed by atoms with Crippen molar-refractivity contribution in [3.05, 3.63) is 30.1 Å². The van der Waals surface area contributed by atoms with E-state index < -0.39 is 0 Å². The Morgan fingerprint density at radius 2 is 2.13 bits per heavy atom. The molecule has 0 unspecified atom stereocenters. The molecule has 15 heavy (non-hydrogen) atoms. The van der Waals surface area contributed by atoms with Gasteiger partial charge in [0.05, 0.1) is 0 Å². The molecule has 0 bridgehead atoms. The summed E-state index contributed by atoms with van der Waals surface area (Å²) in [5.41, 5.74) is 0.643. The zero-order chi connectivity index (χ0) is 11.1. The number of carbonyl (C=O) groups excluding carboxylic acids is 1. The Morgan fingerprint density at radius 1 is 1.47 bits per heavy atom. The van der Waals surface area contributed by atoms with Crippen molar-refractivity contribution in [3.8, 4) is 0 Å². The van der Waals surface area contributed by atoms with E-state index in [1.54, 1.807) is 29.4 Å². The highest BCUT2D eigenvalue weighted by Gasteiger charge is 2.12. The van der Waals surface area contributed by atoms with Crippen molar-refractivity contribution in [3.63, 3.8) is 0 Å². The molecule has 0 aliphatic rings. The van der Waals surface area contributed by atoms with Gasteiger partial charge in [-0.1, -0.05) is 0 Å². The summed E-state index contributed by atoms with van der Waals surface area (Å²) < 4.78 is 0. The predicted molar refractivity (Wildman–Crippen MR) is 57.5 cm³/mol. The lowest BCUT2D eigenvalue weighted by Crippen LogP contribution is -2.32. The van der Waals surface area contributed by atoms with E-state index in [-0.39, 0.29) is 12.5 Å². The largest absolute Gasteiger partial charge is 0.396 e. The fourth-order valence-corrected chi connectivity index (χ4v) is 1.34. The van der Waals surface area contributed by atoms with E-state index in [4.69, 9.17) is 5.11 Å². The summed E-state index contributed by atoms with van der Waals surface area (Å²) in [4.78, 5) is 17.5. The average molecular weight is 208 g/mol. The lowest BCUT2D eigenvalue weighted by Gasteiger charge is -2.20. The number of nitrogens with zero attached hydrogens (tertiary/aromatic N) is 2. The lowest BCUT2D eigenvalue weighted by atomic mass is 10.2. The van der Waals surface area contributed by atoms with E-state index in [1.807, 2.05) is 6.92 Å². The summed E-state index contributed by atoms with van der Waals surface area (Å²) in [6.07, 6.45) is 3.82. The van der Waals surface area contributed by atoms with Gasteiger partial charge < -0.3 is 10.0 Å². The van der Waals surface area contributed by atoms with Gasteiger partial charge in [0, 0.05) is 37.7 Å². The maximum atomic E-state index is 11.9. The fraction of sp³-hybridized carbons (Fsp3) is 0.455. The van der Waals surface area contributed by atoms with Gasteiger partial charge in [0.15, 0.2) is 0 Å². The molecule has 4 nitrogen and oxygen atoms in total. The van der Waals surface area contributed by atoms with Crippen LogP contribution >= 0.6 is 0 Å². The minimum Gasteiger partial charge on any atom is -0.396 e. The number of pyridine rings is 1. The third-order valence-electron chi connectivity index (χ3n) is 2.18. The second-order valence-electron chi connectivity index (χ2n) is 3.20. The quantitative estimate of drug-likeness (QED) is 0.783. The topological polar surface area (TPSA) is 53.4 Å². The van der Waals surface area contributed by atoms with Gasteiger partial charge in [-0.3, -0.25) is 9.78 Å². The SMILES string of the molecule is CCN(CCCO)C(=O)c1ccncc1. The number of hydrogen-bond acceptors (Lipinski definition) is 3. The van der Waals surface area contributed by atoms with Crippen LogP contribution in [0, 0.1) is 0 Å². The molecule has 0 fully saturated rings. The highest BCUT2D eigenvalue weighted by Crippen LogP contribution is 2.03. The van der Waals surface area contributed by atoms with Crippen molar-refractivity contribution >= 4 is 5.91 Å². The average Bonchev–Trinajstić information content (AvgIpc) is 2.31. The number of hydrogen-bond donors (Lipinski definition) is 1. The molecule has 82 valence electrons. The Balaban J connectivity index is 2.65. The summed E-state index contributed by atoms with van der Waals surface area (Å²) in [5, 5.41) is 8.72. The first kappa shape index (κ1) is 11.7. The normalized spacial score (nSPS) is 10.0. The van der Waals surface area contributed by atoms with Crippen LogP contribution in [0.2, 0.25) is 0 Å². The maximum Gasteiger partial charge on any atom is 0.253 e. The van der Waals surface area contributed by atoms with E-state index in [2.05, 4.69) is 4.98 Å². The monoisotopic (exact) mass is 208 g/mol. The molecule has 1 rings (SSSR count). The Morgan fingerprint density at radius 3 is 2.67 bits per heavy atom. The third kappa shape index (κ3) is 3.32. The Labute approximate surface area is 89.6 Å². The van der Waals surface area contributed by atoms with Crippen LogP contribution in [0.15, 0.2) is 24.5 Å². The van der Waals surface area contributed by atoms with Gasteiger partial charge in [-0.25, -0.2) is 0 Å². The van der Waals surface area contributed by atoms with Crippen LogP contribution < -0.4 is 0 Å². The van der Waals surface area contributed by atoms with Crippen LogP contribution in [-0.4, -0.2) is 40.6 Å². The summed E-state index contributed by atoms with van der Waals surface area (Å²) >= 11 is 0. The molecule has 4 heteroatoms. The van der Waals surface area contributed by atoms with Gasteiger partial charge in [-0.05, 0) is 25.5 Å². The van der Waals surface area contributed by atoms with Crippen molar-refractivity contribution < 1.29 is 9.90 Å². The highest BCUT2D eigenvalue weighted by molar-refractivity contribution is 5.94. The molecule has 1 aromatic rings. The van der Waals surface area contributed by atoms with Gasteiger partial charge in [0.25, 0.3) is 5.91 Å². The summed E-state index contributed by atoms with van der Waals surface area (Å²) in [6, 6.07) is 3.40. The van der Waals surface area contributed by atoms with Crippen molar-refractivity contribution in [1.29, 1.82) is 0 Å². The van der Waals surface area contributed by atoms with Gasteiger partial charge in [0.2, 0.25) is 0 Å². The molecule has 0 radical (unpaired) electrons. The van der Waals surface area contributed by atoms with E-state index in [0.717, 1.165) is 0 Å². The van der Waals surface area contributed by atoms with Crippen molar-refractivity contribution in [1.82, 2.24) is 9.88 Å². The van der Waals surface area contributed by atoms with Crippen LogP contribution in [-0.2, 0) is 0 Å². The van der Waals surface area contributed by atoms with E-state index in [1.165, 1.54) is 0 Å².